The summed E-state index contributed by atoms with van der Waals surface area (Å²) in [6.45, 7) is 0. The van der Waals surface area contributed by atoms with Crippen LogP contribution in [0.3, 0.4) is 0 Å². The van der Waals surface area contributed by atoms with Crippen LogP contribution in [-0.2, 0) is 0 Å². The van der Waals surface area contributed by atoms with Crippen LogP contribution in [0, 0.1) is 0 Å². The van der Waals surface area contributed by atoms with Gasteiger partial charge in [0.25, 0.3) is 5.91 Å². The normalized spacial score (nSPS) is 10.4. The molecule has 1 aromatic heterocycles. The van der Waals surface area contributed by atoms with E-state index in [0.29, 0.717) is 21.4 Å². The molecule has 0 spiro atoms. The molecule has 6 heteroatoms. The standard InChI is InChI=1S/C16H11ClN2O2S/c17-12-5-1-4-11(7-12)15(21)19-16-18-14(9-22-16)10-3-2-6-13(20)8-10/h1-9,20H,(H,18,19,21). The summed E-state index contributed by atoms with van der Waals surface area (Å²) in [5.41, 5.74) is 1.96. The molecule has 22 heavy (non-hydrogen) atoms. The van der Waals surface area contributed by atoms with E-state index in [1.165, 1.54) is 11.3 Å². The summed E-state index contributed by atoms with van der Waals surface area (Å²) in [6.07, 6.45) is 0. The number of benzene rings is 2. The van der Waals surface area contributed by atoms with E-state index >= 15 is 0 Å². The first-order chi connectivity index (χ1) is 10.6. The molecular formula is C16H11ClN2O2S. The van der Waals surface area contributed by atoms with Gasteiger partial charge < -0.3 is 5.11 Å². The zero-order valence-corrected chi connectivity index (χ0v) is 12.9. The van der Waals surface area contributed by atoms with Crippen LogP contribution in [0.25, 0.3) is 11.3 Å². The highest BCUT2D eigenvalue weighted by Crippen LogP contribution is 2.27. The van der Waals surface area contributed by atoms with E-state index in [1.807, 2.05) is 11.4 Å². The SMILES string of the molecule is O=C(Nc1nc(-c2cccc(O)c2)cs1)c1cccc(Cl)c1. The van der Waals surface area contributed by atoms with Crippen LogP contribution in [0.1, 0.15) is 10.4 Å². The monoisotopic (exact) mass is 330 g/mol. The summed E-state index contributed by atoms with van der Waals surface area (Å²) in [5.74, 6) is -0.0886. The van der Waals surface area contributed by atoms with E-state index in [-0.39, 0.29) is 11.7 Å². The van der Waals surface area contributed by atoms with Crippen molar-refractivity contribution in [3.63, 3.8) is 0 Å². The first-order valence-corrected chi connectivity index (χ1v) is 7.69. The van der Waals surface area contributed by atoms with Gasteiger partial charge in [-0.15, -0.1) is 11.3 Å². The largest absolute Gasteiger partial charge is 0.508 e. The van der Waals surface area contributed by atoms with Gasteiger partial charge in [0.1, 0.15) is 5.75 Å². The van der Waals surface area contributed by atoms with E-state index in [2.05, 4.69) is 10.3 Å². The molecule has 0 bridgehead atoms. The molecular weight excluding hydrogens is 320 g/mol. The Bertz CT molecular complexity index is 832. The number of nitrogens with one attached hydrogen (secondary N) is 1. The molecule has 0 aliphatic rings. The number of hydrogen-bond acceptors (Lipinski definition) is 4. The van der Waals surface area contributed by atoms with Gasteiger partial charge in [0.05, 0.1) is 5.69 Å². The van der Waals surface area contributed by atoms with Crippen LogP contribution in [0.4, 0.5) is 5.13 Å². The van der Waals surface area contributed by atoms with Crippen LogP contribution < -0.4 is 5.32 Å². The minimum Gasteiger partial charge on any atom is -0.508 e. The molecule has 0 saturated heterocycles. The molecule has 2 aromatic carbocycles. The summed E-state index contributed by atoms with van der Waals surface area (Å²) in [6, 6.07) is 13.5. The van der Waals surface area contributed by atoms with E-state index < -0.39 is 0 Å². The molecule has 2 N–H and O–H groups in total. The van der Waals surface area contributed by atoms with Gasteiger partial charge in [-0.1, -0.05) is 29.8 Å². The predicted octanol–water partition coefficient (Wildman–Crippen LogP) is 4.42. The molecule has 0 unspecified atom stereocenters. The van der Waals surface area contributed by atoms with Gasteiger partial charge in [-0.2, -0.15) is 0 Å². The fourth-order valence-corrected chi connectivity index (χ4v) is 2.83. The number of hydrogen-bond donors (Lipinski definition) is 2. The Morgan fingerprint density at radius 3 is 2.77 bits per heavy atom. The first kappa shape index (κ1) is 14.6. The number of carbonyl (C=O) groups is 1. The summed E-state index contributed by atoms with van der Waals surface area (Å²) >= 11 is 7.19. The lowest BCUT2D eigenvalue weighted by Crippen LogP contribution is -2.11. The zero-order valence-electron chi connectivity index (χ0n) is 11.3. The molecule has 1 heterocycles. The minimum atomic E-state index is -0.265. The van der Waals surface area contributed by atoms with Crippen LogP contribution in [0.15, 0.2) is 53.9 Å². The maximum atomic E-state index is 12.1. The van der Waals surface area contributed by atoms with Gasteiger partial charge >= 0.3 is 0 Å². The van der Waals surface area contributed by atoms with Gasteiger partial charge in [0.15, 0.2) is 5.13 Å². The molecule has 3 rings (SSSR count). The third kappa shape index (κ3) is 3.27. The molecule has 110 valence electrons. The molecule has 0 fully saturated rings. The number of aromatic hydroxyl groups is 1. The van der Waals surface area contributed by atoms with Crippen LogP contribution in [0.5, 0.6) is 5.75 Å². The Hall–Kier alpha value is -2.37. The Morgan fingerprint density at radius 1 is 1.18 bits per heavy atom. The Morgan fingerprint density at radius 2 is 2.00 bits per heavy atom. The lowest BCUT2D eigenvalue weighted by atomic mass is 10.2. The summed E-state index contributed by atoms with van der Waals surface area (Å²) in [7, 11) is 0. The van der Waals surface area contributed by atoms with Crippen molar-refractivity contribution >= 4 is 34.0 Å². The molecule has 0 radical (unpaired) electrons. The number of halogens is 1. The Kier molecular flexibility index (Phi) is 4.09. The van der Waals surface area contributed by atoms with Gasteiger partial charge in [-0.25, -0.2) is 4.98 Å². The fourth-order valence-electron chi connectivity index (χ4n) is 1.93. The Labute approximate surface area is 136 Å². The van der Waals surface area contributed by atoms with E-state index in [0.717, 1.165) is 5.56 Å². The van der Waals surface area contributed by atoms with Gasteiger partial charge in [-0.3, -0.25) is 10.1 Å². The number of phenols is 1. The molecule has 1 amide bonds. The second-order valence-corrected chi connectivity index (χ2v) is 5.85. The first-order valence-electron chi connectivity index (χ1n) is 6.44. The number of phenolic OH excluding ortho intramolecular Hbond substituents is 1. The highest BCUT2D eigenvalue weighted by molar-refractivity contribution is 7.14. The van der Waals surface area contributed by atoms with Gasteiger partial charge in [-0.05, 0) is 30.3 Å². The zero-order chi connectivity index (χ0) is 15.5. The van der Waals surface area contributed by atoms with Crippen LogP contribution in [-0.4, -0.2) is 16.0 Å². The summed E-state index contributed by atoms with van der Waals surface area (Å²) in [4.78, 5) is 16.5. The van der Waals surface area contributed by atoms with Crippen molar-refractivity contribution in [3.8, 4) is 17.0 Å². The molecule has 0 atom stereocenters. The highest BCUT2D eigenvalue weighted by Gasteiger charge is 2.10. The smallest absolute Gasteiger partial charge is 0.257 e. The molecule has 4 nitrogen and oxygen atoms in total. The average Bonchev–Trinajstić information content (AvgIpc) is 2.96. The topological polar surface area (TPSA) is 62.2 Å². The van der Waals surface area contributed by atoms with Crippen molar-refractivity contribution in [2.75, 3.05) is 5.32 Å². The van der Waals surface area contributed by atoms with Gasteiger partial charge in [0.2, 0.25) is 0 Å². The third-order valence-corrected chi connectivity index (χ3v) is 3.95. The molecule has 0 saturated carbocycles. The van der Waals surface area contributed by atoms with Crippen molar-refractivity contribution < 1.29 is 9.90 Å². The second-order valence-electron chi connectivity index (χ2n) is 4.55. The average molecular weight is 331 g/mol. The summed E-state index contributed by atoms with van der Waals surface area (Å²) < 4.78 is 0. The third-order valence-electron chi connectivity index (χ3n) is 2.95. The lowest BCUT2D eigenvalue weighted by molar-refractivity contribution is 0.102. The maximum Gasteiger partial charge on any atom is 0.257 e. The van der Waals surface area contributed by atoms with E-state index in [1.54, 1.807) is 42.5 Å². The van der Waals surface area contributed by atoms with Crippen molar-refractivity contribution in [1.82, 2.24) is 4.98 Å². The van der Waals surface area contributed by atoms with Crippen molar-refractivity contribution in [3.05, 3.63) is 64.5 Å². The Balaban J connectivity index is 1.78. The molecule has 0 aliphatic heterocycles. The number of carbonyl (C=O) groups excluding carboxylic acids is 1. The number of thiazole rings is 1. The van der Waals surface area contributed by atoms with Crippen molar-refractivity contribution in [2.24, 2.45) is 0 Å². The number of amides is 1. The highest BCUT2D eigenvalue weighted by atomic mass is 35.5. The second kappa shape index (κ2) is 6.17. The molecule has 3 aromatic rings. The van der Waals surface area contributed by atoms with Crippen LogP contribution >= 0.6 is 22.9 Å². The van der Waals surface area contributed by atoms with Crippen molar-refractivity contribution in [2.45, 2.75) is 0 Å². The van der Waals surface area contributed by atoms with Crippen molar-refractivity contribution in [1.29, 1.82) is 0 Å². The number of nitrogens with zero attached hydrogens (tertiary/aromatic N) is 1. The minimum absolute atomic E-state index is 0.176. The summed E-state index contributed by atoms with van der Waals surface area (Å²) in [5, 5.41) is 15.0. The number of aromatic nitrogens is 1. The fraction of sp³-hybridized carbons (Fsp3) is 0. The van der Waals surface area contributed by atoms with Crippen LogP contribution in [0.2, 0.25) is 5.02 Å². The van der Waals surface area contributed by atoms with E-state index in [4.69, 9.17) is 11.6 Å². The van der Waals surface area contributed by atoms with E-state index in [9.17, 15) is 9.90 Å². The van der Waals surface area contributed by atoms with Gasteiger partial charge in [0, 0.05) is 21.5 Å². The number of anilines is 1. The quantitative estimate of drug-likeness (QED) is 0.747. The number of rotatable bonds is 3. The predicted molar refractivity (Wildman–Crippen MR) is 88.6 cm³/mol. The maximum absolute atomic E-state index is 12.1. The lowest BCUT2D eigenvalue weighted by Gasteiger charge is -2.02. The molecule has 0 aliphatic carbocycles.